The van der Waals surface area contributed by atoms with Crippen molar-refractivity contribution in [1.82, 2.24) is 10.3 Å². The van der Waals surface area contributed by atoms with E-state index in [1.807, 2.05) is 56.3 Å². The Morgan fingerprint density at radius 1 is 1.04 bits per heavy atom. The maximum atomic E-state index is 12.2. The van der Waals surface area contributed by atoms with Crippen LogP contribution in [-0.4, -0.2) is 10.9 Å². The molecule has 2 aromatic carbocycles. The molecule has 4 heteroatoms. The Bertz CT molecular complexity index is 941. The third-order valence-electron chi connectivity index (χ3n) is 3.80. The van der Waals surface area contributed by atoms with Gasteiger partial charge in [0, 0.05) is 23.2 Å². The van der Waals surface area contributed by atoms with Crippen LogP contribution in [0.1, 0.15) is 27.0 Å². The summed E-state index contributed by atoms with van der Waals surface area (Å²) in [5.41, 5.74) is 3.89. The summed E-state index contributed by atoms with van der Waals surface area (Å²) in [6.07, 6.45) is 0. The van der Waals surface area contributed by atoms with Gasteiger partial charge < -0.3 is 10.3 Å². The summed E-state index contributed by atoms with van der Waals surface area (Å²) < 4.78 is 0. The van der Waals surface area contributed by atoms with Crippen molar-refractivity contribution in [2.24, 2.45) is 0 Å². The minimum Gasteiger partial charge on any atom is -0.348 e. The molecule has 0 saturated heterocycles. The van der Waals surface area contributed by atoms with Gasteiger partial charge in [-0.15, -0.1) is 0 Å². The van der Waals surface area contributed by atoms with Crippen molar-refractivity contribution in [2.45, 2.75) is 20.4 Å². The van der Waals surface area contributed by atoms with Crippen molar-refractivity contribution in [3.63, 3.8) is 0 Å². The third kappa shape index (κ3) is 3.31. The molecule has 0 saturated carbocycles. The van der Waals surface area contributed by atoms with Crippen LogP contribution in [0, 0.1) is 13.8 Å². The molecular weight excluding hydrogens is 288 g/mol. The first-order chi connectivity index (χ1) is 11.0. The van der Waals surface area contributed by atoms with E-state index in [0.717, 1.165) is 22.0 Å². The van der Waals surface area contributed by atoms with Gasteiger partial charge >= 0.3 is 0 Å². The summed E-state index contributed by atoms with van der Waals surface area (Å²) in [4.78, 5) is 27.2. The smallest absolute Gasteiger partial charge is 0.253 e. The molecule has 0 radical (unpaired) electrons. The molecule has 0 aliphatic rings. The molecule has 0 unspecified atom stereocenters. The topological polar surface area (TPSA) is 62.0 Å². The first-order valence-electron chi connectivity index (χ1n) is 7.50. The van der Waals surface area contributed by atoms with Gasteiger partial charge in [0.2, 0.25) is 0 Å². The standard InChI is InChI=1S/C19H18N2O2/c1-12-4-3-5-15(8-12)18(22)20-11-16-10-14-7-6-13(2)9-17(14)21-19(16)23/h3-10H,11H2,1-2H3,(H,20,22)(H,21,23). The predicted octanol–water partition coefficient (Wildman–Crippen LogP) is 3.07. The molecule has 3 rings (SSSR count). The van der Waals surface area contributed by atoms with Crippen LogP contribution >= 0.6 is 0 Å². The number of carbonyl (C=O) groups excluding carboxylic acids is 1. The Morgan fingerprint density at radius 3 is 2.61 bits per heavy atom. The van der Waals surface area contributed by atoms with Crippen LogP contribution in [0.5, 0.6) is 0 Å². The summed E-state index contributed by atoms with van der Waals surface area (Å²) in [6, 6.07) is 15.1. The van der Waals surface area contributed by atoms with Crippen LogP contribution in [0.15, 0.2) is 53.3 Å². The average molecular weight is 306 g/mol. The van der Waals surface area contributed by atoms with Crippen molar-refractivity contribution >= 4 is 16.8 Å². The fraction of sp³-hybridized carbons (Fsp3) is 0.158. The van der Waals surface area contributed by atoms with E-state index in [9.17, 15) is 9.59 Å². The maximum Gasteiger partial charge on any atom is 0.253 e. The van der Waals surface area contributed by atoms with E-state index >= 15 is 0 Å². The largest absolute Gasteiger partial charge is 0.348 e. The summed E-state index contributed by atoms with van der Waals surface area (Å²) >= 11 is 0. The highest BCUT2D eigenvalue weighted by atomic mass is 16.1. The lowest BCUT2D eigenvalue weighted by atomic mass is 10.1. The molecule has 0 atom stereocenters. The first kappa shape index (κ1) is 15.0. The second-order valence-corrected chi connectivity index (χ2v) is 5.77. The second kappa shape index (κ2) is 6.08. The van der Waals surface area contributed by atoms with Gasteiger partial charge in [0.15, 0.2) is 0 Å². The summed E-state index contributed by atoms with van der Waals surface area (Å²) in [6.45, 7) is 4.12. The number of hydrogen-bond acceptors (Lipinski definition) is 2. The lowest BCUT2D eigenvalue weighted by molar-refractivity contribution is 0.0950. The van der Waals surface area contributed by atoms with Crippen molar-refractivity contribution in [1.29, 1.82) is 0 Å². The quantitative estimate of drug-likeness (QED) is 0.781. The molecule has 0 aliphatic heterocycles. The van der Waals surface area contributed by atoms with Gasteiger partial charge in [0.25, 0.3) is 11.5 Å². The van der Waals surface area contributed by atoms with Crippen molar-refractivity contribution in [2.75, 3.05) is 0 Å². The Balaban J connectivity index is 1.81. The fourth-order valence-corrected chi connectivity index (χ4v) is 2.56. The Hall–Kier alpha value is -2.88. The van der Waals surface area contributed by atoms with E-state index in [4.69, 9.17) is 0 Å². The molecule has 0 aliphatic carbocycles. The van der Waals surface area contributed by atoms with Crippen LogP contribution in [0.2, 0.25) is 0 Å². The van der Waals surface area contributed by atoms with E-state index in [-0.39, 0.29) is 18.0 Å². The minimum absolute atomic E-state index is 0.173. The number of rotatable bonds is 3. The van der Waals surface area contributed by atoms with Crippen LogP contribution in [-0.2, 0) is 6.54 Å². The number of aromatic amines is 1. The van der Waals surface area contributed by atoms with Crippen LogP contribution in [0.3, 0.4) is 0 Å². The van der Waals surface area contributed by atoms with E-state index in [1.165, 1.54) is 0 Å². The zero-order valence-electron chi connectivity index (χ0n) is 13.1. The molecular formula is C19H18N2O2. The highest BCUT2D eigenvalue weighted by Gasteiger charge is 2.08. The van der Waals surface area contributed by atoms with Crippen LogP contribution in [0.4, 0.5) is 0 Å². The second-order valence-electron chi connectivity index (χ2n) is 5.77. The van der Waals surface area contributed by atoms with E-state index in [0.29, 0.717) is 11.1 Å². The lowest BCUT2D eigenvalue weighted by Crippen LogP contribution is -2.26. The number of nitrogens with one attached hydrogen (secondary N) is 2. The van der Waals surface area contributed by atoms with Crippen molar-refractivity contribution < 1.29 is 4.79 Å². The zero-order chi connectivity index (χ0) is 16.4. The lowest BCUT2D eigenvalue weighted by Gasteiger charge is -2.07. The van der Waals surface area contributed by atoms with Gasteiger partial charge in [-0.1, -0.05) is 29.8 Å². The monoisotopic (exact) mass is 306 g/mol. The van der Waals surface area contributed by atoms with E-state index in [2.05, 4.69) is 10.3 Å². The SMILES string of the molecule is Cc1cccc(C(=O)NCc2cc3ccc(C)cc3[nH]c2=O)c1. The number of carbonyl (C=O) groups is 1. The summed E-state index contributed by atoms with van der Waals surface area (Å²) in [5, 5.41) is 3.75. The normalized spacial score (nSPS) is 10.7. The molecule has 4 nitrogen and oxygen atoms in total. The zero-order valence-corrected chi connectivity index (χ0v) is 13.1. The molecule has 0 fully saturated rings. The molecule has 1 aromatic heterocycles. The number of H-pyrrole nitrogens is 1. The van der Waals surface area contributed by atoms with E-state index in [1.54, 1.807) is 6.07 Å². The predicted molar refractivity (Wildman–Crippen MR) is 91.7 cm³/mol. The summed E-state index contributed by atoms with van der Waals surface area (Å²) in [5.74, 6) is -0.183. The summed E-state index contributed by atoms with van der Waals surface area (Å²) in [7, 11) is 0. The fourth-order valence-electron chi connectivity index (χ4n) is 2.56. The molecule has 3 aromatic rings. The van der Waals surface area contributed by atoms with Crippen molar-refractivity contribution in [3.8, 4) is 0 Å². The van der Waals surface area contributed by atoms with Crippen LogP contribution in [0.25, 0.3) is 10.9 Å². The van der Waals surface area contributed by atoms with Gasteiger partial charge in [-0.05, 0) is 49.1 Å². The number of aryl methyl sites for hydroxylation is 2. The Morgan fingerprint density at radius 2 is 1.83 bits per heavy atom. The molecule has 1 heterocycles. The number of pyridine rings is 1. The van der Waals surface area contributed by atoms with Gasteiger partial charge in [-0.25, -0.2) is 0 Å². The van der Waals surface area contributed by atoms with Gasteiger partial charge in [0.1, 0.15) is 0 Å². The molecule has 116 valence electrons. The number of amides is 1. The Labute approximate surface area is 134 Å². The van der Waals surface area contributed by atoms with Crippen LogP contribution < -0.4 is 10.9 Å². The van der Waals surface area contributed by atoms with Gasteiger partial charge in [-0.2, -0.15) is 0 Å². The maximum absolute atomic E-state index is 12.2. The number of hydrogen-bond donors (Lipinski definition) is 2. The highest BCUT2D eigenvalue weighted by Crippen LogP contribution is 2.13. The minimum atomic E-state index is -0.183. The number of aromatic nitrogens is 1. The molecule has 0 bridgehead atoms. The molecule has 1 amide bonds. The average Bonchev–Trinajstić information content (AvgIpc) is 2.52. The molecule has 23 heavy (non-hydrogen) atoms. The highest BCUT2D eigenvalue weighted by molar-refractivity contribution is 5.94. The molecule has 0 spiro atoms. The Kier molecular flexibility index (Phi) is 3.98. The number of fused-ring (bicyclic) bond motifs is 1. The van der Waals surface area contributed by atoms with Gasteiger partial charge in [-0.3, -0.25) is 9.59 Å². The van der Waals surface area contributed by atoms with Gasteiger partial charge in [0.05, 0.1) is 0 Å². The third-order valence-corrected chi connectivity index (χ3v) is 3.80. The first-order valence-corrected chi connectivity index (χ1v) is 7.50. The van der Waals surface area contributed by atoms with E-state index < -0.39 is 0 Å². The molecule has 2 N–H and O–H groups in total. The van der Waals surface area contributed by atoms with Crippen molar-refractivity contribution in [3.05, 3.63) is 81.1 Å². The number of benzene rings is 2.